The number of nitrogens with zero attached hydrogens (tertiary/aromatic N) is 4. The molecule has 0 saturated heterocycles. The molecular weight excluding hydrogens is 414 g/mol. The molecule has 1 atom stereocenters. The minimum Gasteiger partial charge on any atom is -0.459 e. The molecule has 174 valence electrons. The summed E-state index contributed by atoms with van der Waals surface area (Å²) in [7, 11) is 0. The van der Waals surface area contributed by atoms with Gasteiger partial charge in [-0.15, -0.1) is 10.2 Å². The Morgan fingerprint density at radius 3 is 2.67 bits per heavy atom. The van der Waals surface area contributed by atoms with Gasteiger partial charge in [-0.2, -0.15) is 0 Å². The Bertz CT molecular complexity index is 1070. The standard InChI is InChI=1S/C26H33N5O2/c1-19(2)16-22(27-26(32)23-10-7-15-33-23)25-29-28-24-11-12-30(13-14-31(24)25)18-20(3)17-21-8-5-4-6-9-21/h4-10,15,17,19,22H,11-14,16,18H2,1-3H3,(H,27,32). The fourth-order valence-electron chi connectivity index (χ4n) is 4.37. The van der Waals surface area contributed by atoms with E-state index in [1.807, 2.05) is 6.07 Å². The molecule has 3 aromatic rings. The van der Waals surface area contributed by atoms with Crippen LogP contribution in [0, 0.1) is 5.92 Å². The normalized spacial score (nSPS) is 15.8. The molecule has 3 heterocycles. The third-order valence-electron chi connectivity index (χ3n) is 5.90. The molecule has 0 fully saturated rings. The van der Waals surface area contributed by atoms with Crippen molar-refractivity contribution in [3.63, 3.8) is 0 Å². The Kier molecular flexibility index (Phi) is 7.40. The first-order valence-electron chi connectivity index (χ1n) is 11.7. The Morgan fingerprint density at radius 2 is 1.94 bits per heavy atom. The first kappa shape index (κ1) is 23.0. The van der Waals surface area contributed by atoms with Gasteiger partial charge in [-0.05, 0) is 37.0 Å². The van der Waals surface area contributed by atoms with Gasteiger partial charge in [-0.3, -0.25) is 9.69 Å². The molecule has 0 saturated carbocycles. The molecule has 1 aromatic carbocycles. The lowest BCUT2D eigenvalue weighted by molar-refractivity contribution is 0.0900. The van der Waals surface area contributed by atoms with Crippen molar-refractivity contribution in [2.45, 2.75) is 46.2 Å². The molecule has 7 nitrogen and oxygen atoms in total. The van der Waals surface area contributed by atoms with Crippen molar-refractivity contribution < 1.29 is 9.21 Å². The van der Waals surface area contributed by atoms with Crippen LogP contribution in [-0.2, 0) is 13.0 Å². The lowest BCUT2D eigenvalue weighted by atomic mass is 10.0. The molecule has 1 amide bonds. The molecule has 0 bridgehead atoms. The van der Waals surface area contributed by atoms with Gasteiger partial charge in [0.25, 0.3) is 5.91 Å². The van der Waals surface area contributed by atoms with Crippen LogP contribution in [0.15, 0.2) is 58.7 Å². The van der Waals surface area contributed by atoms with Crippen molar-refractivity contribution >= 4 is 12.0 Å². The maximum atomic E-state index is 12.7. The number of amides is 1. The lowest BCUT2D eigenvalue weighted by Crippen LogP contribution is -2.32. The third kappa shape index (κ3) is 5.99. The number of hydrogen-bond donors (Lipinski definition) is 1. The summed E-state index contributed by atoms with van der Waals surface area (Å²) in [6.07, 6.45) is 5.39. The molecule has 2 aromatic heterocycles. The topological polar surface area (TPSA) is 76.2 Å². The highest BCUT2D eigenvalue weighted by molar-refractivity contribution is 5.91. The Hall–Kier alpha value is -3.19. The fraction of sp³-hybridized carbons (Fsp3) is 0.423. The molecule has 0 radical (unpaired) electrons. The number of furan rings is 1. The lowest BCUT2D eigenvalue weighted by Gasteiger charge is -2.22. The van der Waals surface area contributed by atoms with Crippen molar-refractivity contribution in [1.29, 1.82) is 0 Å². The van der Waals surface area contributed by atoms with E-state index in [1.54, 1.807) is 12.1 Å². The maximum absolute atomic E-state index is 12.7. The van der Waals surface area contributed by atoms with E-state index in [-0.39, 0.29) is 11.9 Å². The van der Waals surface area contributed by atoms with Crippen LogP contribution < -0.4 is 5.32 Å². The van der Waals surface area contributed by atoms with Crippen LogP contribution in [0.2, 0.25) is 0 Å². The van der Waals surface area contributed by atoms with Crippen LogP contribution in [0.25, 0.3) is 6.08 Å². The molecule has 0 aliphatic carbocycles. The van der Waals surface area contributed by atoms with Crippen molar-refractivity contribution in [3.05, 3.63) is 77.3 Å². The number of carbonyl (C=O) groups is 1. The monoisotopic (exact) mass is 447 g/mol. The molecule has 33 heavy (non-hydrogen) atoms. The van der Waals surface area contributed by atoms with Crippen molar-refractivity contribution in [2.24, 2.45) is 5.92 Å². The zero-order chi connectivity index (χ0) is 23.2. The molecule has 1 aliphatic rings. The SMILES string of the molecule is CC(=Cc1ccccc1)CN1CCc2nnc(C(CC(C)C)NC(=O)c3ccco3)n2CC1. The first-order chi connectivity index (χ1) is 16.0. The molecule has 1 N–H and O–H groups in total. The van der Waals surface area contributed by atoms with E-state index in [0.717, 1.165) is 50.7 Å². The van der Waals surface area contributed by atoms with E-state index in [0.29, 0.717) is 11.7 Å². The van der Waals surface area contributed by atoms with E-state index in [4.69, 9.17) is 4.42 Å². The highest BCUT2D eigenvalue weighted by atomic mass is 16.3. The minimum atomic E-state index is -0.222. The predicted octanol–water partition coefficient (Wildman–Crippen LogP) is 4.35. The third-order valence-corrected chi connectivity index (χ3v) is 5.90. The smallest absolute Gasteiger partial charge is 0.287 e. The van der Waals surface area contributed by atoms with Gasteiger partial charge in [0.1, 0.15) is 5.82 Å². The predicted molar refractivity (Wildman–Crippen MR) is 129 cm³/mol. The summed E-state index contributed by atoms with van der Waals surface area (Å²) in [5.41, 5.74) is 2.57. The molecule has 1 unspecified atom stereocenters. The Labute approximate surface area is 195 Å². The van der Waals surface area contributed by atoms with Crippen LogP contribution in [0.3, 0.4) is 0 Å². The van der Waals surface area contributed by atoms with Gasteiger partial charge < -0.3 is 14.3 Å². The fourth-order valence-corrected chi connectivity index (χ4v) is 4.37. The van der Waals surface area contributed by atoms with Crippen molar-refractivity contribution in [1.82, 2.24) is 25.0 Å². The molecular formula is C26H33N5O2. The number of hydrogen-bond acceptors (Lipinski definition) is 5. The zero-order valence-electron chi connectivity index (χ0n) is 19.7. The van der Waals surface area contributed by atoms with Crippen LogP contribution >= 0.6 is 0 Å². The number of aromatic nitrogens is 3. The van der Waals surface area contributed by atoms with Gasteiger partial charge in [-0.25, -0.2) is 0 Å². The summed E-state index contributed by atoms with van der Waals surface area (Å²) in [6.45, 7) is 10.1. The largest absolute Gasteiger partial charge is 0.459 e. The zero-order valence-corrected chi connectivity index (χ0v) is 19.7. The second kappa shape index (κ2) is 10.6. The Balaban J connectivity index is 1.45. The van der Waals surface area contributed by atoms with Crippen molar-refractivity contribution in [3.8, 4) is 0 Å². The van der Waals surface area contributed by atoms with Crippen molar-refractivity contribution in [2.75, 3.05) is 19.6 Å². The van der Waals surface area contributed by atoms with Gasteiger partial charge in [0.05, 0.1) is 12.3 Å². The average Bonchev–Trinajstić information content (AvgIpc) is 3.42. The van der Waals surface area contributed by atoms with E-state index in [1.165, 1.54) is 17.4 Å². The summed E-state index contributed by atoms with van der Waals surface area (Å²) in [4.78, 5) is 15.1. The van der Waals surface area contributed by atoms with E-state index >= 15 is 0 Å². The van der Waals surface area contributed by atoms with Gasteiger partial charge in [0, 0.05) is 32.6 Å². The first-order valence-corrected chi connectivity index (χ1v) is 11.7. The molecule has 1 aliphatic heterocycles. The molecule has 4 rings (SSSR count). The summed E-state index contributed by atoms with van der Waals surface area (Å²) in [6, 6.07) is 13.6. The van der Waals surface area contributed by atoms with Crippen LogP contribution in [0.1, 0.15) is 61.0 Å². The second-order valence-corrected chi connectivity index (χ2v) is 9.19. The summed E-state index contributed by atoms with van der Waals surface area (Å²) in [5.74, 6) is 2.30. The second-order valence-electron chi connectivity index (χ2n) is 9.19. The quantitative estimate of drug-likeness (QED) is 0.556. The molecule has 0 spiro atoms. The van der Waals surface area contributed by atoms with Crippen LogP contribution in [0.5, 0.6) is 0 Å². The average molecular weight is 448 g/mol. The van der Waals surface area contributed by atoms with Crippen LogP contribution in [-0.4, -0.2) is 45.2 Å². The summed E-state index contributed by atoms with van der Waals surface area (Å²) < 4.78 is 7.48. The summed E-state index contributed by atoms with van der Waals surface area (Å²) >= 11 is 0. The minimum absolute atomic E-state index is 0.213. The number of nitrogens with one attached hydrogen (secondary N) is 1. The number of benzene rings is 1. The Morgan fingerprint density at radius 1 is 1.12 bits per heavy atom. The maximum Gasteiger partial charge on any atom is 0.287 e. The molecule has 7 heteroatoms. The highest BCUT2D eigenvalue weighted by Gasteiger charge is 2.27. The number of rotatable bonds is 8. The summed E-state index contributed by atoms with van der Waals surface area (Å²) in [5, 5.41) is 12.1. The van der Waals surface area contributed by atoms with Gasteiger partial charge in [0.2, 0.25) is 0 Å². The number of fused-ring (bicyclic) bond motifs is 1. The van der Waals surface area contributed by atoms with Gasteiger partial charge in [0.15, 0.2) is 11.6 Å². The van der Waals surface area contributed by atoms with E-state index < -0.39 is 0 Å². The van der Waals surface area contributed by atoms with Gasteiger partial charge >= 0.3 is 0 Å². The van der Waals surface area contributed by atoms with Crippen LogP contribution in [0.4, 0.5) is 0 Å². The number of carbonyl (C=O) groups excluding carboxylic acids is 1. The van der Waals surface area contributed by atoms with E-state index in [9.17, 15) is 4.79 Å². The van der Waals surface area contributed by atoms with Gasteiger partial charge in [-0.1, -0.05) is 55.8 Å². The van der Waals surface area contributed by atoms with E-state index in [2.05, 4.69) is 76.1 Å². The highest BCUT2D eigenvalue weighted by Crippen LogP contribution is 2.23.